The van der Waals surface area contributed by atoms with Crippen molar-refractivity contribution in [3.05, 3.63) is 52.3 Å². The molecule has 9 nitrogen and oxygen atoms in total. The van der Waals surface area contributed by atoms with Gasteiger partial charge < -0.3 is 15.4 Å². The Morgan fingerprint density at radius 3 is 2.58 bits per heavy atom. The molecule has 0 aliphatic carbocycles. The van der Waals surface area contributed by atoms with Crippen LogP contribution in [0.25, 0.3) is 5.65 Å². The second-order valence-corrected chi connectivity index (χ2v) is 10.5. The van der Waals surface area contributed by atoms with Crippen molar-refractivity contribution in [2.45, 2.75) is 31.3 Å². The molecule has 1 aromatic carbocycles. The van der Waals surface area contributed by atoms with Crippen molar-refractivity contribution in [1.29, 1.82) is 0 Å². The van der Waals surface area contributed by atoms with Gasteiger partial charge in [0.05, 0.1) is 41.1 Å². The van der Waals surface area contributed by atoms with Gasteiger partial charge in [-0.2, -0.15) is 13.2 Å². The van der Waals surface area contributed by atoms with E-state index in [0.29, 0.717) is 80.0 Å². The van der Waals surface area contributed by atoms with Gasteiger partial charge in [0.25, 0.3) is 0 Å². The highest BCUT2D eigenvalue weighted by molar-refractivity contribution is 7.73. The van der Waals surface area contributed by atoms with Crippen LogP contribution in [0.3, 0.4) is 0 Å². The van der Waals surface area contributed by atoms with Gasteiger partial charge in [0.1, 0.15) is 10.7 Å². The summed E-state index contributed by atoms with van der Waals surface area (Å²) in [5.41, 5.74) is 8.42. The molecule has 5 rings (SSSR count). The fourth-order valence-electron chi connectivity index (χ4n) is 4.75. The molecule has 0 saturated carbocycles. The fraction of sp³-hybridized carbons (Fsp3) is 0.478. The molecule has 13 heteroatoms. The van der Waals surface area contributed by atoms with Crippen LogP contribution in [0.15, 0.2) is 24.3 Å². The number of morpholine rings is 1. The van der Waals surface area contributed by atoms with E-state index >= 15 is 0 Å². The number of likely N-dealkylation sites (tertiary alicyclic amines) is 1. The maximum Gasteiger partial charge on any atom is 0.416 e. The number of alkyl halides is 3. The van der Waals surface area contributed by atoms with Crippen LogP contribution in [-0.2, 0) is 34.6 Å². The van der Waals surface area contributed by atoms with Crippen molar-refractivity contribution in [2.24, 2.45) is 0 Å². The molecule has 0 spiro atoms. The molecule has 0 unspecified atom stereocenters. The van der Waals surface area contributed by atoms with Crippen LogP contribution in [0.5, 0.6) is 0 Å². The third-order valence-electron chi connectivity index (χ3n) is 6.83. The normalized spacial score (nSPS) is 17.8. The summed E-state index contributed by atoms with van der Waals surface area (Å²) >= 11 is 0. The smallest absolute Gasteiger partial charge is 0.396 e. The maximum atomic E-state index is 13.6. The van der Waals surface area contributed by atoms with Gasteiger partial charge in [-0.25, -0.2) is 17.9 Å². The van der Waals surface area contributed by atoms with E-state index in [4.69, 9.17) is 20.6 Å². The summed E-state index contributed by atoms with van der Waals surface area (Å²) in [5.74, 6) is 0.640. The van der Waals surface area contributed by atoms with Gasteiger partial charge in [-0.1, -0.05) is 12.1 Å². The molecular weight excluding hydrogens is 497 g/mol. The number of halogens is 3. The van der Waals surface area contributed by atoms with Crippen LogP contribution in [0.2, 0.25) is 0 Å². The number of anilines is 2. The Hall–Kier alpha value is -2.90. The van der Waals surface area contributed by atoms with E-state index in [2.05, 4.69) is 0 Å². The van der Waals surface area contributed by atoms with Crippen LogP contribution in [0.1, 0.15) is 28.1 Å². The molecule has 0 bridgehead atoms. The predicted molar refractivity (Wildman–Crippen MR) is 129 cm³/mol. The predicted octanol–water partition coefficient (Wildman–Crippen LogP) is 1.86. The summed E-state index contributed by atoms with van der Waals surface area (Å²) in [6.45, 7) is 4.99. The van der Waals surface area contributed by atoms with Crippen molar-refractivity contribution in [3.8, 4) is 0 Å². The second-order valence-electron chi connectivity index (χ2n) is 9.20. The van der Waals surface area contributed by atoms with E-state index in [-0.39, 0.29) is 12.0 Å². The molecule has 2 aliphatic heterocycles. The van der Waals surface area contributed by atoms with Gasteiger partial charge in [0.2, 0.25) is 0 Å². The molecule has 2 aliphatic rings. The standard InChI is InChI=1S/C23H27F3N6O3S/c1-14-15(3-2-4-17(14)23(24,25)26)9-20-19(13-30-11-16(12-30)36(33)34)28-22-18(27)10-21(29-32(20)22)31-5-7-35-8-6-31/h2-4,10,16,36H,5-9,11-13,27H2,1H3. The number of nitrogens with zero attached hydrogens (tertiary/aromatic N) is 5. The van der Waals surface area contributed by atoms with Crippen LogP contribution in [0.4, 0.5) is 24.7 Å². The summed E-state index contributed by atoms with van der Waals surface area (Å²) in [6.07, 6.45) is -4.30. The summed E-state index contributed by atoms with van der Waals surface area (Å²) in [6, 6.07) is 5.90. The lowest BCUT2D eigenvalue weighted by Crippen LogP contribution is -2.50. The number of ether oxygens (including phenoxy) is 1. The minimum Gasteiger partial charge on any atom is -0.396 e. The Morgan fingerprint density at radius 2 is 1.92 bits per heavy atom. The van der Waals surface area contributed by atoms with E-state index in [1.807, 2.05) is 9.80 Å². The zero-order chi connectivity index (χ0) is 25.6. The molecule has 0 radical (unpaired) electrons. The Morgan fingerprint density at radius 1 is 1.19 bits per heavy atom. The Kier molecular flexibility index (Phi) is 6.55. The van der Waals surface area contributed by atoms with Crippen LogP contribution >= 0.6 is 0 Å². The van der Waals surface area contributed by atoms with Gasteiger partial charge >= 0.3 is 6.18 Å². The first kappa shape index (κ1) is 24.8. The zero-order valence-electron chi connectivity index (χ0n) is 19.7. The molecular formula is C23H27F3N6O3S. The number of aromatic nitrogens is 3. The number of fused-ring (bicyclic) bond motifs is 1. The zero-order valence-corrected chi connectivity index (χ0v) is 20.6. The topological polar surface area (TPSA) is 106 Å². The molecule has 2 aromatic heterocycles. The molecule has 4 heterocycles. The number of benzene rings is 1. The van der Waals surface area contributed by atoms with Crippen molar-refractivity contribution in [3.63, 3.8) is 0 Å². The molecule has 2 N–H and O–H groups in total. The largest absolute Gasteiger partial charge is 0.416 e. The first-order valence-electron chi connectivity index (χ1n) is 11.6. The number of nitrogen functional groups attached to an aromatic ring is 1. The minimum atomic E-state index is -4.46. The van der Waals surface area contributed by atoms with E-state index in [1.54, 1.807) is 16.6 Å². The number of hydrogen-bond donors (Lipinski definition) is 2. The van der Waals surface area contributed by atoms with E-state index < -0.39 is 27.7 Å². The Balaban J connectivity index is 1.57. The highest BCUT2D eigenvalue weighted by atomic mass is 32.2. The Labute approximate surface area is 207 Å². The third-order valence-corrected chi connectivity index (χ3v) is 7.75. The number of imidazole rings is 1. The van der Waals surface area contributed by atoms with Crippen LogP contribution in [-0.4, -0.2) is 72.6 Å². The first-order chi connectivity index (χ1) is 17.1. The monoisotopic (exact) mass is 524 g/mol. The summed E-state index contributed by atoms with van der Waals surface area (Å²) in [5, 5.41) is 4.38. The average Bonchev–Trinajstić information content (AvgIpc) is 3.14. The second kappa shape index (κ2) is 9.52. The molecule has 194 valence electrons. The van der Waals surface area contributed by atoms with Crippen LogP contribution < -0.4 is 10.6 Å². The van der Waals surface area contributed by atoms with Gasteiger partial charge in [0, 0.05) is 45.2 Å². The molecule has 2 fully saturated rings. The molecule has 36 heavy (non-hydrogen) atoms. The van der Waals surface area contributed by atoms with Gasteiger partial charge in [-0.3, -0.25) is 4.90 Å². The highest BCUT2D eigenvalue weighted by Gasteiger charge is 2.34. The lowest BCUT2D eigenvalue weighted by atomic mass is 9.97. The lowest BCUT2D eigenvalue weighted by Gasteiger charge is -2.35. The highest BCUT2D eigenvalue weighted by Crippen LogP contribution is 2.34. The SMILES string of the molecule is Cc1c(Cc2c(CN3CC([SH](=O)=O)C3)nc3c(N)cc(N4CCOCC4)nn23)cccc1C(F)(F)F. The minimum absolute atomic E-state index is 0.149. The number of thiol groups is 1. The van der Waals surface area contributed by atoms with Gasteiger partial charge in [-0.15, -0.1) is 5.10 Å². The van der Waals surface area contributed by atoms with E-state index in [1.165, 1.54) is 13.0 Å². The van der Waals surface area contributed by atoms with Gasteiger partial charge in [-0.05, 0) is 24.1 Å². The maximum absolute atomic E-state index is 13.6. The van der Waals surface area contributed by atoms with E-state index in [9.17, 15) is 21.6 Å². The first-order valence-corrected chi connectivity index (χ1v) is 12.9. The Bertz CT molecular complexity index is 1350. The molecule has 0 amide bonds. The lowest BCUT2D eigenvalue weighted by molar-refractivity contribution is -0.138. The number of hydrogen-bond acceptors (Lipinski definition) is 8. The number of rotatable bonds is 6. The molecule has 2 saturated heterocycles. The van der Waals surface area contributed by atoms with Gasteiger partial charge in [0.15, 0.2) is 11.5 Å². The quantitative estimate of drug-likeness (QED) is 0.471. The average molecular weight is 525 g/mol. The fourth-order valence-corrected chi connectivity index (χ4v) is 5.48. The summed E-state index contributed by atoms with van der Waals surface area (Å²) in [7, 11) is -2.50. The van der Waals surface area contributed by atoms with Crippen molar-refractivity contribution in [1.82, 2.24) is 19.5 Å². The van der Waals surface area contributed by atoms with E-state index in [0.717, 1.165) is 6.07 Å². The summed E-state index contributed by atoms with van der Waals surface area (Å²) in [4.78, 5) is 8.69. The molecule has 3 aromatic rings. The third kappa shape index (κ3) is 4.74. The van der Waals surface area contributed by atoms with Crippen molar-refractivity contribution >= 4 is 27.9 Å². The summed E-state index contributed by atoms with van der Waals surface area (Å²) < 4.78 is 70.3. The molecule has 0 atom stereocenters. The van der Waals surface area contributed by atoms with Crippen LogP contribution in [0, 0.1) is 6.92 Å². The van der Waals surface area contributed by atoms with Crippen molar-refractivity contribution in [2.75, 3.05) is 50.0 Å². The van der Waals surface area contributed by atoms with Crippen molar-refractivity contribution < 1.29 is 26.3 Å². The number of nitrogens with two attached hydrogens (primary N) is 1.